The number of carbonyl (C=O) groups is 1. The standard InChI is InChI=1S/C16H21FN2O/c1-12-9-18-8-2-3-15(18)10-19(12)11-16(20)13-4-6-14(17)7-5-13/h4-7,12,15H,2-3,8-11H2,1H3. The Morgan fingerprint density at radius 3 is 2.80 bits per heavy atom. The fourth-order valence-electron chi connectivity index (χ4n) is 3.38. The number of halogens is 1. The predicted molar refractivity (Wildman–Crippen MR) is 76.4 cm³/mol. The third-order valence-corrected chi connectivity index (χ3v) is 4.58. The first-order valence-electron chi connectivity index (χ1n) is 7.40. The zero-order chi connectivity index (χ0) is 14.1. The second-order valence-corrected chi connectivity index (χ2v) is 6.00. The Balaban J connectivity index is 1.64. The number of hydrogen-bond acceptors (Lipinski definition) is 3. The number of rotatable bonds is 3. The first-order valence-corrected chi connectivity index (χ1v) is 7.40. The number of carbonyl (C=O) groups excluding carboxylic acids is 1. The van der Waals surface area contributed by atoms with E-state index in [2.05, 4.69) is 16.7 Å². The zero-order valence-electron chi connectivity index (χ0n) is 11.9. The molecule has 0 aliphatic carbocycles. The van der Waals surface area contributed by atoms with Gasteiger partial charge in [-0.2, -0.15) is 0 Å². The molecular formula is C16H21FN2O. The van der Waals surface area contributed by atoms with Crippen molar-refractivity contribution in [2.24, 2.45) is 0 Å². The van der Waals surface area contributed by atoms with E-state index < -0.39 is 0 Å². The lowest BCUT2D eigenvalue weighted by molar-refractivity contribution is 0.0535. The normalized spacial score (nSPS) is 27.5. The van der Waals surface area contributed by atoms with Crippen LogP contribution in [0.25, 0.3) is 0 Å². The number of ketones is 1. The van der Waals surface area contributed by atoms with Crippen LogP contribution in [0.1, 0.15) is 30.1 Å². The van der Waals surface area contributed by atoms with E-state index in [4.69, 9.17) is 0 Å². The van der Waals surface area contributed by atoms with Crippen LogP contribution in [-0.4, -0.2) is 53.8 Å². The molecule has 3 nitrogen and oxygen atoms in total. The van der Waals surface area contributed by atoms with E-state index in [1.807, 2.05) is 0 Å². The summed E-state index contributed by atoms with van der Waals surface area (Å²) in [5.41, 5.74) is 0.604. The van der Waals surface area contributed by atoms with Gasteiger partial charge in [-0.1, -0.05) is 0 Å². The lowest BCUT2D eigenvalue weighted by Gasteiger charge is -2.42. The minimum Gasteiger partial charge on any atom is -0.298 e. The van der Waals surface area contributed by atoms with Crippen LogP contribution in [0.15, 0.2) is 24.3 Å². The molecule has 1 aromatic rings. The van der Waals surface area contributed by atoms with Gasteiger partial charge in [0.05, 0.1) is 6.54 Å². The molecule has 0 bridgehead atoms. The SMILES string of the molecule is CC1CN2CCCC2CN1CC(=O)c1ccc(F)cc1. The van der Waals surface area contributed by atoms with Crippen LogP contribution in [0.3, 0.4) is 0 Å². The van der Waals surface area contributed by atoms with Crippen molar-refractivity contribution in [3.63, 3.8) is 0 Å². The van der Waals surface area contributed by atoms with Crippen LogP contribution < -0.4 is 0 Å². The predicted octanol–water partition coefficient (Wildman–Crippen LogP) is 2.18. The summed E-state index contributed by atoms with van der Waals surface area (Å²) in [6.45, 7) is 5.87. The van der Waals surface area contributed by atoms with Crippen molar-refractivity contribution in [1.82, 2.24) is 9.80 Å². The lowest BCUT2D eigenvalue weighted by atomic mass is 10.1. The summed E-state index contributed by atoms with van der Waals surface area (Å²) in [5, 5.41) is 0. The Morgan fingerprint density at radius 1 is 1.30 bits per heavy atom. The van der Waals surface area contributed by atoms with Crippen molar-refractivity contribution in [3.8, 4) is 0 Å². The molecule has 1 aromatic carbocycles. The van der Waals surface area contributed by atoms with Gasteiger partial charge in [0.15, 0.2) is 5.78 Å². The number of piperazine rings is 1. The minimum absolute atomic E-state index is 0.0864. The van der Waals surface area contributed by atoms with E-state index in [1.54, 1.807) is 12.1 Å². The molecule has 2 saturated heterocycles. The molecule has 2 atom stereocenters. The highest BCUT2D eigenvalue weighted by atomic mass is 19.1. The molecule has 2 aliphatic heterocycles. The van der Waals surface area contributed by atoms with Gasteiger partial charge in [0.1, 0.15) is 5.82 Å². The molecule has 2 heterocycles. The second kappa shape index (κ2) is 5.62. The Hall–Kier alpha value is -1.26. The molecule has 3 rings (SSSR count). The molecule has 2 fully saturated rings. The fourth-order valence-corrected chi connectivity index (χ4v) is 3.38. The highest BCUT2D eigenvalue weighted by Gasteiger charge is 2.34. The summed E-state index contributed by atoms with van der Waals surface area (Å²) >= 11 is 0. The molecule has 4 heteroatoms. The highest BCUT2D eigenvalue weighted by Crippen LogP contribution is 2.24. The van der Waals surface area contributed by atoms with E-state index in [0.29, 0.717) is 24.2 Å². The van der Waals surface area contributed by atoms with E-state index in [0.717, 1.165) is 13.1 Å². The van der Waals surface area contributed by atoms with Gasteiger partial charge < -0.3 is 0 Å². The second-order valence-electron chi connectivity index (χ2n) is 6.00. The number of nitrogens with zero attached hydrogens (tertiary/aromatic N) is 2. The van der Waals surface area contributed by atoms with Gasteiger partial charge in [-0.15, -0.1) is 0 Å². The Morgan fingerprint density at radius 2 is 2.05 bits per heavy atom. The maximum absolute atomic E-state index is 12.9. The summed E-state index contributed by atoms with van der Waals surface area (Å²) in [6, 6.07) is 6.89. The first kappa shape index (κ1) is 13.7. The summed E-state index contributed by atoms with van der Waals surface area (Å²) in [7, 11) is 0. The molecule has 2 unspecified atom stereocenters. The lowest BCUT2D eigenvalue weighted by Crippen LogP contribution is -2.55. The average molecular weight is 276 g/mol. The average Bonchev–Trinajstić information content (AvgIpc) is 2.87. The topological polar surface area (TPSA) is 23.6 Å². The molecule has 0 spiro atoms. The van der Waals surface area contributed by atoms with Gasteiger partial charge in [-0.05, 0) is 50.6 Å². The molecule has 2 aliphatic rings. The molecule has 0 N–H and O–H groups in total. The van der Waals surface area contributed by atoms with Crippen molar-refractivity contribution in [3.05, 3.63) is 35.6 Å². The monoisotopic (exact) mass is 276 g/mol. The van der Waals surface area contributed by atoms with E-state index in [-0.39, 0.29) is 11.6 Å². The van der Waals surface area contributed by atoms with Crippen LogP contribution >= 0.6 is 0 Å². The third-order valence-electron chi connectivity index (χ3n) is 4.58. The van der Waals surface area contributed by atoms with Gasteiger partial charge in [-0.25, -0.2) is 4.39 Å². The summed E-state index contributed by atoms with van der Waals surface area (Å²) in [5.74, 6) is -0.210. The van der Waals surface area contributed by atoms with Gasteiger partial charge in [0, 0.05) is 30.7 Å². The third kappa shape index (κ3) is 2.76. The van der Waals surface area contributed by atoms with Crippen LogP contribution in [0.2, 0.25) is 0 Å². The maximum Gasteiger partial charge on any atom is 0.176 e. The van der Waals surface area contributed by atoms with Gasteiger partial charge in [-0.3, -0.25) is 14.6 Å². The largest absolute Gasteiger partial charge is 0.298 e. The first-order chi connectivity index (χ1) is 9.63. The number of benzene rings is 1. The Labute approximate surface area is 119 Å². The van der Waals surface area contributed by atoms with Crippen molar-refractivity contribution in [2.45, 2.75) is 31.8 Å². The smallest absolute Gasteiger partial charge is 0.176 e. The molecule has 0 saturated carbocycles. The molecule has 20 heavy (non-hydrogen) atoms. The molecule has 0 radical (unpaired) electrons. The zero-order valence-corrected chi connectivity index (χ0v) is 11.9. The van der Waals surface area contributed by atoms with E-state index in [1.165, 1.54) is 31.5 Å². The summed E-state index contributed by atoms with van der Waals surface area (Å²) in [6.07, 6.45) is 2.52. The minimum atomic E-state index is -0.297. The molecule has 0 aromatic heterocycles. The van der Waals surface area contributed by atoms with Crippen molar-refractivity contribution >= 4 is 5.78 Å². The molecular weight excluding hydrogens is 255 g/mol. The quantitative estimate of drug-likeness (QED) is 0.791. The van der Waals surface area contributed by atoms with Crippen molar-refractivity contribution in [2.75, 3.05) is 26.2 Å². The van der Waals surface area contributed by atoms with Crippen molar-refractivity contribution in [1.29, 1.82) is 0 Å². The van der Waals surface area contributed by atoms with Crippen LogP contribution in [-0.2, 0) is 0 Å². The summed E-state index contributed by atoms with van der Waals surface area (Å²) in [4.78, 5) is 17.1. The highest BCUT2D eigenvalue weighted by molar-refractivity contribution is 5.97. The van der Waals surface area contributed by atoms with Gasteiger partial charge in [0.2, 0.25) is 0 Å². The van der Waals surface area contributed by atoms with Crippen LogP contribution in [0.5, 0.6) is 0 Å². The van der Waals surface area contributed by atoms with Crippen LogP contribution in [0.4, 0.5) is 4.39 Å². The van der Waals surface area contributed by atoms with Crippen LogP contribution in [0, 0.1) is 5.82 Å². The van der Waals surface area contributed by atoms with Crippen molar-refractivity contribution < 1.29 is 9.18 Å². The van der Waals surface area contributed by atoms with Gasteiger partial charge >= 0.3 is 0 Å². The van der Waals surface area contributed by atoms with Gasteiger partial charge in [0.25, 0.3) is 0 Å². The molecule has 0 amide bonds. The Bertz CT molecular complexity index is 488. The van der Waals surface area contributed by atoms with E-state index in [9.17, 15) is 9.18 Å². The number of hydrogen-bond donors (Lipinski definition) is 0. The number of fused-ring (bicyclic) bond motifs is 1. The Kier molecular flexibility index (Phi) is 3.85. The maximum atomic E-state index is 12.9. The van der Waals surface area contributed by atoms with E-state index >= 15 is 0 Å². The fraction of sp³-hybridized carbons (Fsp3) is 0.562. The summed E-state index contributed by atoms with van der Waals surface area (Å²) < 4.78 is 12.9. The molecule has 108 valence electrons. The number of Topliss-reactive ketones (excluding diaryl/α,β-unsaturated/α-hetero) is 1.